The van der Waals surface area contributed by atoms with Crippen LogP contribution in [0.3, 0.4) is 0 Å². The van der Waals surface area contributed by atoms with Crippen LogP contribution < -0.4 is 5.32 Å². The lowest BCUT2D eigenvalue weighted by Crippen LogP contribution is -2.41. The summed E-state index contributed by atoms with van der Waals surface area (Å²) in [6.45, 7) is -0.365. The molecule has 0 aliphatic carbocycles. The van der Waals surface area contributed by atoms with Gasteiger partial charge in [-0.25, -0.2) is 29.3 Å². The van der Waals surface area contributed by atoms with E-state index in [1.54, 1.807) is 121 Å². The van der Waals surface area contributed by atoms with Crippen molar-refractivity contribution in [3.63, 3.8) is 0 Å². The second-order valence-electron chi connectivity index (χ2n) is 11.4. The van der Waals surface area contributed by atoms with Crippen LogP contribution in [0.15, 0.2) is 134 Å². The van der Waals surface area contributed by atoms with Crippen molar-refractivity contribution in [2.24, 2.45) is 0 Å². The van der Waals surface area contributed by atoms with Gasteiger partial charge in [0.1, 0.15) is 19.0 Å². The van der Waals surface area contributed by atoms with Crippen molar-refractivity contribution in [2.75, 3.05) is 11.9 Å². The van der Waals surface area contributed by atoms with E-state index in [1.807, 2.05) is 0 Å². The first-order chi connectivity index (χ1) is 25.0. The number of rotatable bonds is 10. The molecule has 4 atom stereocenters. The van der Waals surface area contributed by atoms with Gasteiger partial charge < -0.3 is 24.3 Å². The Hall–Kier alpha value is -6.73. The Labute approximate surface area is 290 Å². The van der Waals surface area contributed by atoms with E-state index in [-0.39, 0.29) is 34.7 Å². The van der Waals surface area contributed by atoms with Crippen molar-refractivity contribution in [3.8, 4) is 0 Å². The molecule has 254 valence electrons. The van der Waals surface area contributed by atoms with E-state index in [0.717, 1.165) is 0 Å². The first-order valence-electron chi connectivity index (χ1n) is 15.9. The van der Waals surface area contributed by atoms with Gasteiger partial charge in [0.05, 0.1) is 23.0 Å². The Balaban J connectivity index is 1.25. The highest BCUT2D eigenvalue weighted by molar-refractivity contribution is 6.06. The van der Waals surface area contributed by atoms with E-state index in [0.29, 0.717) is 11.1 Å². The third-order valence-electron chi connectivity index (χ3n) is 8.08. The minimum atomic E-state index is -1.29. The summed E-state index contributed by atoms with van der Waals surface area (Å²) in [5, 5.41) is 2.76. The van der Waals surface area contributed by atoms with Gasteiger partial charge in [0.2, 0.25) is 0 Å². The SMILES string of the molecule is O=C(Nc1ncnc2c1ncn2[C@H]1O[C@@H](COC(=O)c2ccccc2)[C@@H](OC(=O)c2ccccc2)[C@@H]1OC(=O)c1ccccc1)c1ccccc1. The predicted octanol–water partition coefficient (Wildman–Crippen LogP) is 5.28. The number of carbonyl (C=O) groups is 4. The van der Waals surface area contributed by atoms with E-state index < -0.39 is 48.4 Å². The molecule has 13 nitrogen and oxygen atoms in total. The maximum absolute atomic E-state index is 13.5. The molecule has 0 spiro atoms. The molecule has 1 N–H and O–H groups in total. The molecule has 0 saturated carbocycles. The molecular formula is C38H29N5O8. The van der Waals surface area contributed by atoms with Crippen molar-refractivity contribution >= 4 is 40.8 Å². The number of nitrogens with zero attached hydrogens (tertiary/aromatic N) is 4. The molecule has 7 rings (SSSR count). The van der Waals surface area contributed by atoms with Crippen molar-refractivity contribution in [3.05, 3.63) is 156 Å². The van der Waals surface area contributed by atoms with E-state index in [2.05, 4.69) is 20.3 Å². The van der Waals surface area contributed by atoms with Crippen LogP contribution in [0.4, 0.5) is 5.82 Å². The van der Waals surface area contributed by atoms with Crippen LogP contribution in [0.2, 0.25) is 0 Å². The number of nitrogens with one attached hydrogen (secondary N) is 1. The Morgan fingerprint density at radius 2 is 1.14 bits per heavy atom. The molecule has 1 aliphatic heterocycles. The predicted molar refractivity (Wildman–Crippen MR) is 182 cm³/mol. The number of esters is 3. The molecule has 0 radical (unpaired) electrons. The summed E-state index contributed by atoms with van der Waals surface area (Å²) < 4.78 is 25.6. The Morgan fingerprint density at radius 3 is 1.71 bits per heavy atom. The maximum atomic E-state index is 13.5. The molecule has 51 heavy (non-hydrogen) atoms. The summed E-state index contributed by atoms with van der Waals surface area (Å²) in [7, 11) is 0. The number of hydrogen-bond donors (Lipinski definition) is 1. The second-order valence-corrected chi connectivity index (χ2v) is 11.4. The van der Waals surface area contributed by atoms with E-state index in [4.69, 9.17) is 18.9 Å². The van der Waals surface area contributed by atoms with Crippen molar-refractivity contribution in [1.82, 2.24) is 19.5 Å². The molecule has 3 heterocycles. The quantitative estimate of drug-likeness (QED) is 0.148. The zero-order chi connectivity index (χ0) is 35.2. The van der Waals surface area contributed by atoms with Crippen molar-refractivity contribution in [2.45, 2.75) is 24.5 Å². The Kier molecular flexibility index (Phi) is 9.52. The van der Waals surface area contributed by atoms with Crippen molar-refractivity contribution < 1.29 is 38.1 Å². The fraction of sp³-hybridized carbons (Fsp3) is 0.132. The average Bonchev–Trinajstić information content (AvgIpc) is 3.76. The number of hydrogen-bond acceptors (Lipinski definition) is 11. The smallest absolute Gasteiger partial charge is 0.338 e. The monoisotopic (exact) mass is 683 g/mol. The van der Waals surface area contributed by atoms with E-state index >= 15 is 0 Å². The lowest BCUT2D eigenvalue weighted by atomic mass is 10.1. The largest absolute Gasteiger partial charge is 0.459 e. The molecule has 2 aromatic heterocycles. The molecule has 6 aromatic rings. The molecule has 4 aromatic carbocycles. The van der Waals surface area contributed by atoms with Crippen LogP contribution in [0, 0.1) is 0 Å². The minimum Gasteiger partial charge on any atom is -0.459 e. The van der Waals surface area contributed by atoms with Gasteiger partial charge in [-0.2, -0.15) is 0 Å². The summed E-state index contributed by atoms with van der Waals surface area (Å²) in [5.74, 6) is -2.34. The van der Waals surface area contributed by atoms with Gasteiger partial charge >= 0.3 is 17.9 Å². The lowest BCUT2D eigenvalue weighted by Gasteiger charge is -2.25. The maximum Gasteiger partial charge on any atom is 0.338 e. The number of fused-ring (bicyclic) bond motifs is 1. The van der Waals surface area contributed by atoms with Gasteiger partial charge in [0, 0.05) is 5.56 Å². The fourth-order valence-corrected chi connectivity index (χ4v) is 5.58. The molecule has 13 heteroatoms. The lowest BCUT2D eigenvalue weighted by molar-refractivity contribution is -0.0606. The van der Waals surface area contributed by atoms with E-state index in [1.165, 1.54) is 17.2 Å². The van der Waals surface area contributed by atoms with Gasteiger partial charge in [0.15, 0.2) is 35.4 Å². The minimum absolute atomic E-state index is 0.129. The molecule has 0 unspecified atom stereocenters. The number of aromatic nitrogens is 4. The zero-order valence-corrected chi connectivity index (χ0v) is 26.8. The van der Waals surface area contributed by atoms with Crippen LogP contribution in [0.5, 0.6) is 0 Å². The summed E-state index contributed by atoms with van der Waals surface area (Å²) in [5.41, 5.74) is 1.64. The Bertz CT molecular complexity index is 2160. The Morgan fingerprint density at radius 1 is 0.627 bits per heavy atom. The van der Waals surface area contributed by atoms with E-state index in [9.17, 15) is 19.2 Å². The molecular weight excluding hydrogens is 654 g/mol. The van der Waals surface area contributed by atoms with Crippen LogP contribution in [-0.2, 0) is 18.9 Å². The van der Waals surface area contributed by atoms with Gasteiger partial charge in [-0.3, -0.25) is 9.36 Å². The molecule has 0 bridgehead atoms. The topological polar surface area (TPSA) is 161 Å². The van der Waals surface area contributed by atoms with Gasteiger partial charge in [-0.1, -0.05) is 72.8 Å². The molecule has 1 aliphatic rings. The number of anilines is 1. The third-order valence-corrected chi connectivity index (χ3v) is 8.08. The summed E-state index contributed by atoms with van der Waals surface area (Å²) in [6.07, 6.45) is -2.23. The zero-order valence-electron chi connectivity index (χ0n) is 26.8. The van der Waals surface area contributed by atoms with Crippen LogP contribution in [-0.4, -0.2) is 68.3 Å². The highest BCUT2D eigenvalue weighted by Gasteiger charge is 2.52. The highest BCUT2D eigenvalue weighted by atomic mass is 16.7. The number of imidazole rings is 1. The molecule has 1 fully saturated rings. The van der Waals surface area contributed by atoms with Crippen LogP contribution in [0.25, 0.3) is 11.2 Å². The average molecular weight is 684 g/mol. The standard InChI is InChI=1S/C38H29N5O8/c44-34(24-13-5-1-6-14-24)42-32-29-33(40-22-39-32)43(23-41-29)35-31(51-38(47)27-19-11-4-12-20-27)30(50-37(46)26-17-9-3-10-18-26)28(49-35)21-48-36(45)25-15-7-2-8-16-25/h1-20,22-23,28,30-31,35H,21H2,(H,39,40,42,44)/t28-,30+,31-,35-/m0/s1. The van der Waals surface area contributed by atoms with Gasteiger partial charge in [-0.05, 0) is 48.5 Å². The summed E-state index contributed by atoms with van der Waals surface area (Å²) >= 11 is 0. The first-order valence-corrected chi connectivity index (χ1v) is 15.9. The van der Waals surface area contributed by atoms with Gasteiger partial charge in [-0.15, -0.1) is 0 Å². The summed E-state index contributed by atoms with van der Waals surface area (Å²) in [4.78, 5) is 66.1. The molecule has 1 saturated heterocycles. The first kappa shape index (κ1) is 32.8. The third kappa shape index (κ3) is 7.19. The fourth-order valence-electron chi connectivity index (χ4n) is 5.58. The van der Waals surface area contributed by atoms with Gasteiger partial charge in [0.25, 0.3) is 5.91 Å². The number of ether oxygens (including phenoxy) is 4. The van der Waals surface area contributed by atoms with Crippen LogP contribution in [0.1, 0.15) is 47.7 Å². The molecule has 1 amide bonds. The number of benzene rings is 4. The number of amides is 1. The van der Waals surface area contributed by atoms with Crippen LogP contribution >= 0.6 is 0 Å². The number of carbonyl (C=O) groups excluding carboxylic acids is 4. The highest BCUT2D eigenvalue weighted by Crippen LogP contribution is 2.37. The second kappa shape index (κ2) is 14.8. The van der Waals surface area contributed by atoms with Crippen molar-refractivity contribution in [1.29, 1.82) is 0 Å². The summed E-state index contributed by atoms with van der Waals surface area (Å²) in [6, 6.07) is 33.5. The normalized spacial score (nSPS) is 18.1.